The summed E-state index contributed by atoms with van der Waals surface area (Å²) in [6, 6.07) is 13.6. The fraction of sp³-hybridized carbons (Fsp3) is 0.167. The molecule has 0 atom stereocenters. The third kappa shape index (κ3) is 4.37. The zero-order valence-corrected chi connectivity index (χ0v) is 15.9. The summed E-state index contributed by atoms with van der Waals surface area (Å²) in [7, 11) is 1.59. The highest BCUT2D eigenvalue weighted by Crippen LogP contribution is 2.37. The standard InChI is InChI=1S/C18H15Br2NO2/c1-3-23-18-16(20)9-12(10-17(18)22-2)8-14(11-21)13-4-6-15(19)7-5-13/h4-10H,3H2,1-2H3/b14-8-. The number of nitriles is 1. The summed E-state index contributed by atoms with van der Waals surface area (Å²) in [5.41, 5.74) is 2.30. The van der Waals surface area contributed by atoms with Crippen LogP contribution in [0.1, 0.15) is 18.1 Å². The molecule has 0 bridgehead atoms. The average Bonchev–Trinajstić information content (AvgIpc) is 2.55. The van der Waals surface area contributed by atoms with Crippen molar-refractivity contribution in [2.45, 2.75) is 6.92 Å². The van der Waals surface area contributed by atoms with Crippen molar-refractivity contribution >= 4 is 43.5 Å². The van der Waals surface area contributed by atoms with Gasteiger partial charge in [-0.05, 0) is 64.3 Å². The van der Waals surface area contributed by atoms with Crippen LogP contribution in [0.4, 0.5) is 0 Å². The zero-order chi connectivity index (χ0) is 16.8. The normalized spacial score (nSPS) is 11.0. The summed E-state index contributed by atoms with van der Waals surface area (Å²) < 4.78 is 12.7. The molecule has 0 aromatic heterocycles. The number of nitrogens with zero attached hydrogens (tertiary/aromatic N) is 1. The van der Waals surface area contributed by atoms with Crippen molar-refractivity contribution in [3.05, 3.63) is 56.5 Å². The lowest BCUT2D eigenvalue weighted by Gasteiger charge is -2.12. The molecule has 0 aliphatic rings. The lowest BCUT2D eigenvalue weighted by molar-refractivity contribution is 0.309. The Morgan fingerprint density at radius 1 is 1.22 bits per heavy atom. The maximum atomic E-state index is 9.45. The first-order valence-electron chi connectivity index (χ1n) is 6.97. The van der Waals surface area contributed by atoms with E-state index in [4.69, 9.17) is 9.47 Å². The fourth-order valence-corrected chi connectivity index (χ4v) is 2.92. The van der Waals surface area contributed by atoms with Crippen LogP contribution in [0.25, 0.3) is 11.6 Å². The molecule has 2 rings (SSSR count). The Bertz CT molecular complexity index is 762. The summed E-state index contributed by atoms with van der Waals surface area (Å²) in [5, 5.41) is 9.45. The largest absolute Gasteiger partial charge is 0.493 e. The van der Waals surface area contributed by atoms with Crippen molar-refractivity contribution in [1.29, 1.82) is 5.26 Å². The number of ether oxygens (including phenoxy) is 2. The molecule has 0 saturated carbocycles. The first kappa shape index (κ1) is 17.6. The minimum Gasteiger partial charge on any atom is -0.493 e. The Hall–Kier alpha value is -1.77. The van der Waals surface area contributed by atoms with Gasteiger partial charge in [0, 0.05) is 4.47 Å². The highest BCUT2D eigenvalue weighted by atomic mass is 79.9. The number of hydrogen-bond acceptors (Lipinski definition) is 3. The predicted molar refractivity (Wildman–Crippen MR) is 99.5 cm³/mol. The average molecular weight is 437 g/mol. The molecule has 5 heteroatoms. The molecular weight excluding hydrogens is 422 g/mol. The summed E-state index contributed by atoms with van der Waals surface area (Å²) in [5.74, 6) is 1.29. The van der Waals surface area contributed by atoms with E-state index >= 15 is 0 Å². The molecule has 0 unspecified atom stereocenters. The minimum absolute atomic E-state index is 0.548. The molecule has 0 radical (unpaired) electrons. The van der Waals surface area contributed by atoms with Gasteiger partial charge >= 0.3 is 0 Å². The van der Waals surface area contributed by atoms with Crippen molar-refractivity contribution in [1.82, 2.24) is 0 Å². The Morgan fingerprint density at radius 3 is 2.48 bits per heavy atom. The highest BCUT2D eigenvalue weighted by molar-refractivity contribution is 9.10. The Morgan fingerprint density at radius 2 is 1.91 bits per heavy atom. The van der Waals surface area contributed by atoms with Gasteiger partial charge in [0.2, 0.25) is 0 Å². The molecule has 3 nitrogen and oxygen atoms in total. The van der Waals surface area contributed by atoms with E-state index in [0.717, 1.165) is 20.1 Å². The number of rotatable bonds is 5. The van der Waals surface area contributed by atoms with Gasteiger partial charge in [0.15, 0.2) is 11.5 Å². The number of allylic oxidation sites excluding steroid dienone is 1. The topological polar surface area (TPSA) is 42.2 Å². The molecule has 0 N–H and O–H groups in total. The number of halogens is 2. The monoisotopic (exact) mass is 435 g/mol. The molecule has 0 heterocycles. The van der Waals surface area contributed by atoms with Crippen molar-refractivity contribution in [3.8, 4) is 17.6 Å². The van der Waals surface area contributed by atoms with Gasteiger partial charge in [0.05, 0.1) is 29.8 Å². The Balaban J connectivity index is 2.46. The van der Waals surface area contributed by atoms with E-state index in [1.54, 1.807) is 7.11 Å². The van der Waals surface area contributed by atoms with Crippen molar-refractivity contribution in [3.63, 3.8) is 0 Å². The number of methoxy groups -OCH3 is 1. The van der Waals surface area contributed by atoms with Gasteiger partial charge in [-0.1, -0.05) is 28.1 Å². The van der Waals surface area contributed by atoms with Crippen LogP contribution >= 0.6 is 31.9 Å². The van der Waals surface area contributed by atoms with Crippen LogP contribution in [0.3, 0.4) is 0 Å². The van der Waals surface area contributed by atoms with Gasteiger partial charge in [-0.2, -0.15) is 5.26 Å². The van der Waals surface area contributed by atoms with E-state index in [2.05, 4.69) is 37.9 Å². The molecule has 2 aromatic carbocycles. The van der Waals surface area contributed by atoms with Gasteiger partial charge < -0.3 is 9.47 Å². The first-order chi connectivity index (χ1) is 11.1. The second-order valence-electron chi connectivity index (χ2n) is 4.64. The van der Waals surface area contributed by atoms with Gasteiger partial charge in [0.25, 0.3) is 0 Å². The van der Waals surface area contributed by atoms with Gasteiger partial charge in [-0.15, -0.1) is 0 Å². The summed E-state index contributed by atoms with van der Waals surface area (Å²) in [4.78, 5) is 0. The molecule has 0 aliphatic heterocycles. The Kier molecular flexibility index (Phi) is 6.26. The quantitative estimate of drug-likeness (QED) is 0.447. The third-order valence-electron chi connectivity index (χ3n) is 3.13. The zero-order valence-electron chi connectivity index (χ0n) is 12.8. The molecule has 0 amide bonds. The van der Waals surface area contributed by atoms with Crippen molar-refractivity contribution in [2.24, 2.45) is 0 Å². The highest BCUT2D eigenvalue weighted by Gasteiger charge is 2.11. The summed E-state index contributed by atoms with van der Waals surface area (Å²) in [6.45, 7) is 2.47. The molecule has 0 fully saturated rings. The molecule has 118 valence electrons. The lowest BCUT2D eigenvalue weighted by Crippen LogP contribution is -1.97. The van der Waals surface area contributed by atoms with Crippen LogP contribution in [0.2, 0.25) is 0 Å². The van der Waals surface area contributed by atoms with E-state index < -0.39 is 0 Å². The van der Waals surface area contributed by atoms with Crippen LogP contribution in [0.15, 0.2) is 45.3 Å². The van der Waals surface area contributed by atoms with Gasteiger partial charge in [-0.25, -0.2) is 0 Å². The van der Waals surface area contributed by atoms with Crippen LogP contribution < -0.4 is 9.47 Å². The Labute approximate surface area is 152 Å². The van der Waals surface area contributed by atoms with Crippen molar-refractivity contribution in [2.75, 3.05) is 13.7 Å². The smallest absolute Gasteiger partial charge is 0.175 e. The third-order valence-corrected chi connectivity index (χ3v) is 4.24. The van der Waals surface area contributed by atoms with Crippen molar-refractivity contribution < 1.29 is 9.47 Å². The van der Waals surface area contributed by atoms with Crippen LogP contribution in [-0.2, 0) is 0 Å². The maximum absolute atomic E-state index is 9.45. The van der Waals surface area contributed by atoms with E-state index in [1.165, 1.54) is 0 Å². The molecule has 0 saturated heterocycles. The SMILES string of the molecule is CCOc1c(Br)cc(/C=C(/C#N)c2ccc(Br)cc2)cc1OC. The second-order valence-corrected chi connectivity index (χ2v) is 6.41. The van der Waals surface area contributed by atoms with E-state index in [1.807, 2.05) is 49.4 Å². The van der Waals surface area contributed by atoms with Gasteiger partial charge in [-0.3, -0.25) is 0 Å². The molecular formula is C18H15Br2NO2. The van der Waals surface area contributed by atoms with E-state index in [-0.39, 0.29) is 0 Å². The van der Waals surface area contributed by atoms with Gasteiger partial charge in [0.1, 0.15) is 0 Å². The van der Waals surface area contributed by atoms with Crippen LogP contribution in [0.5, 0.6) is 11.5 Å². The molecule has 0 aliphatic carbocycles. The lowest BCUT2D eigenvalue weighted by atomic mass is 10.0. The molecule has 23 heavy (non-hydrogen) atoms. The first-order valence-corrected chi connectivity index (χ1v) is 8.55. The van der Waals surface area contributed by atoms with E-state index in [0.29, 0.717) is 23.7 Å². The van der Waals surface area contributed by atoms with Crippen LogP contribution in [-0.4, -0.2) is 13.7 Å². The minimum atomic E-state index is 0.548. The maximum Gasteiger partial charge on any atom is 0.175 e. The van der Waals surface area contributed by atoms with E-state index in [9.17, 15) is 5.26 Å². The predicted octanol–water partition coefficient (Wildman–Crippen LogP) is 5.68. The number of hydrogen-bond donors (Lipinski definition) is 0. The molecule has 2 aromatic rings. The number of benzene rings is 2. The summed E-state index contributed by atoms with van der Waals surface area (Å²) >= 11 is 6.89. The summed E-state index contributed by atoms with van der Waals surface area (Å²) in [6.07, 6.45) is 1.83. The second kappa shape index (κ2) is 8.19. The van der Waals surface area contributed by atoms with Crippen LogP contribution in [0, 0.1) is 11.3 Å². The fourth-order valence-electron chi connectivity index (χ4n) is 2.08. The molecule has 0 spiro atoms.